The molecule has 0 aliphatic heterocycles. The molecule has 0 aliphatic carbocycles. The minimum Gasteiger partial charge on any atom is -0.507 e. The van der Waals surface area contributed by atoms with Crippen LogP contribution >= 0.6 is 22.6 Å². The minimum atomic E-state index is -0.155. The van der Waals surface area contributed by atoms with E-state index < -0.39 is 0 Å². The van der Waals surface area contributed by atoms with Gasteiger partial charge in [-0.3, -0.25) is 4.79 Å². The molecule has 0 radical (unpaired) electrons. The summed E-state index contributed by atoms with van der Waals surface area (Å²) >= 11 is 2.01. The van der Waals surface area contributed by atoms with Gasteiger partial charge in [0.2, 0.25) is 0 Å². The molecule has 1 aromatic carbocycles. The average molecular weight is 357 g/mol. The summed E-state index contributed by atoms with van der Waals surface area (Å²) < 4.78 is 5.91. The Bertz CT molecular complexity index is 551. The topological polar surface area (TPSA) is 53.7 Å². The number of phenols is 1. The van der Waals surface area contributed by atoms with Gasteiger partial charge in [-0.1, -0.05) is 0 Å². The van der Waals surface area contributed by atoms with Gasteiger partial charge in [-0.2, -0.15) is 0 Å². The van der Waals surface area contributed by atoms with E-state index in [2.05, 4.69) is 0 Å². The van der Waals surface area contributed by atoms with E-state index in [1.807, 2.05) is 28.7 Å². The normalized spacial score (nSPS) is 10.3. The maximum atomic E-state index is 12.1. The number of benzene rings is 1. The number of phenolic OH excluding ortho intramolecular Hbond substituents is 1. The lowest BCUT2D eigenvalue weighted by Gasteiger charge is -2.16. The lowest BCUT2D eigenvalue weighted by atomic mass is 10.2. The van der Waals surface area contributed by atoms with Crippen molar-refractivity contribution in [3.8, 4) is 5.75 Å². The van der Waals surface area contributed by atoms with Crippen LogP contribution in [0.1, 0.15) is 16.1 Å². The highest BCUT2D eigenvalue weighted by Gasteiger charge is 2.14. The van der Waals surface area contributed by atoms with Crippen LogP contribution in [0.15, 0.2) is 41.0 Å². The van der Waals surface area contributed by atoms with E-state index in [1.165, 1.54) is 6.07 Å². The molecule has 4 nitrogen and oxygen atoms in total. The first-order valence-corrected chi connectivity index (χ1v) is 6.42. The number of hydrogen-bond acceptors (Lipinski definition) is 3. The summed E-state index contributed by atoms with van der Waals surface area (Å²) in [5.41, 5.74) is 0.460. The lowest BCUT2D eigenvalue weighted by molar-refractivity contribution is 0.0775. The largest absolute Gasteiger partial charge is 0.507 e. The minimum absolute atomic E-state index is 0.118. The molecule has 2 rings (SSSR count). The number of carbonyl (C=O) groups is 1. The number of hydrogen-bond donors (Lipinski definition) is 1. The van der Waals surface area contributed by atoms with E-state index in [-0.39, 0.29) is 11.7 Å². The van der Waals surface area contributed by atoms with Crippen molar-refractivity contribution in [2.24, 2.45) is 0 Å². The third-order valence-electron chi connectivity index (χ3n) is 2.51. The maximum absolute atomic E-state index is 12.1. The Labute approximate surface area is 118 Å². The first-order valence-electron chi connectivity index (χ1n) is 5.34. The van der Waals surface area contributed by atoms with E-state index >= 15 is 0 Å². The number of halogens is 1. The first-order chi connectivity index (χ1) is 8.58. The SMILES string of the molecule is CN(Cc1ccco1)C(=O)c1ccc(I)c(O)c1. The lowest BCUT2D eigenvalue weighted by Crippen LogP contribution is -2.25. The van der Waals surface area contributed by atoms with Crippen LogP contribution in [-0.2, 0) is 6.54 Å². The van der Waals surface area contributed by atoms with Crippen molar-refractivity contribution in [2.45, 2.75) is 6.54 Å². The molecule has 94 valence electrons. The van der Waals surface area contributed by atoms with Crippen LogP contribution in [0.5, 0.6) is 5.75 Å². The summed E-state index contributed by atoms with van der Waals surface area (Å²) in [5, 5.41) is 9.59. The quantitative estimate of drug-likeness (QED) is 0.860. The summed E-state index contributed by atoms with van der Waals surface area (Å²) in [5.74, 6) is 0.687. The van der Waals surface area contributed by atoms with Crippen molar-refractivity contribution >= 4 is 28.5 Å². The number of nitrogens with zero attached hydrogens (tertiary/aromatic N) is 1. The maximum Gasteiger partial charge on any atom is 0.254 e. The highest BCUT2D eigenvalue weighted by Crippen LogP contribution is 2.21. The van der Waals surface area contributed by atoms with Gasteiger partial charge in [0, 0.05) is 12.6 Å². The molecule has 1 N–H and O–H groups in total. The van der Waals surface area contributed by atoms with Crippen LogP contribution in [0, 0.1) is 3.57 Å². The molecule has 0 atom stereocenters. The number of aromatic hydroxyl groups is 1. The number of rotatable bonds is 3. The van der Waals surface area contributed by atoms with E-state index in [0.717, 1.165) is 9.33 Å². The Morgan fingerprint density at radius 1 is 1.44 bits per heavy atom. The molecule has 1 heterocycles. The summed E-state index contributed by atoms with van der Waals surface area (Å²) in [6.07, 6.45) is 1.57. The number of amides is 1. The van der Waals surface area contributed by atoms with Crippen molar-refractivity contribution in [2.75, 3.05) is 7.05 Å². The fraction of sp³-hybridized carbons (Fsp3) is 0.154. The van der Waals surface area contributed by atoms with E-state index in [9.17, 15) is 9.90 Å². The predicted molar refractivity (Wildman–Crippen MR) is 75.3 cm³/mol. The fourth-order valence-electron chi connectivity index (χ4n) is 1.57. The summed E-state index contributed by atoms with van der Waals surface area (Å²) in [4.78, 5) is 13.6. The van der Waals surface area contributed by atoms with Gasteiger partial charge in [0.1, 0.15) is 11.5 Å². The van der Waals surface area contributed by atoms with Crippen molar-refractivity contribution in [1.29, 1.82) is 0 Å². The molecule has 18 heavy (non-hydrogen) atoms. The summed E-state index contributed by atoms with van der Waals surface area (Å²) in [6.45, 7) is 0.401. The van der Waals surface area contributed by atoms with E-state index in [0.29, 0.717) is 12.1 Å². The number of carbonyl (C=O) groups excluding carboxylic acids is 1. The molecule has 0 bridgehead atoms. The van der Waals surface area contributed by atoms with Gasteiger partial charge in [-0.25, -0.2) is 0 Å². The fourth-order valence-corrected chi connectivity index (χ4v) is 1.91. The van der Waals surface area contributed by atoms with Gasteiger partial charge in [0.25, 0.3) is 5.91 Å². The van der Waals surface area contributed by atoms with Gasteiger partial charge < -0.3 is 14.4 Å². The van der Waals surface area contributed by atoms with Crippen molar-refractivity contribution in [1.82, 2.24) is 4.90 Å². The second-order valence-corrected chi connectivity index (χ2v) is 5.07. The van der Waals surface area contributed by atoms with Crippen LogP contribution in [0.2, 0.25) is 0 Å². The van der Waals surface area contributed by atoms with Gasteiger partial charge in [0.15, 0.2) is 0 Å². The zero-order valence-corrected chi connectivity index (χ0v) is 11.9. The smallest absolute Gasteiger partial charge is 0.254 e. The molecule has 5 heteroatoms. The summed E-state index contributed by atoms with van der Waals surface area (Å²) in [7, 11) is 1.69. The molecule has 0 fully saturated rings. The standard InChI is InChI=1S/C13H12INO3/c1-15(8-10-3-2-6-18-10)13(17)9-4-5-11(14)12(16)7-9/h2-7,16H,8H2,1H3. The molecule has 1 amide bonds. The Morgan fingerprint density at radius 3 is 2.83 bits per heavy atom. The first kappa shape index (κ1) is 12.9. The van der Waals surface area contributed by atoms with Gasteiger partial charge in [-0.05, 0) is 52.9 Å². The van der Waals surface area contributed by atoms with Crippen LogP contribution in [0.3, 0.4) is 0 Å². The Hall–Kier alpha value is -1.50. The highest BCUT2D eigenvalue weighted by molar-refractivity contribution is 14.1. The van der Waals surface area contributed by atoms with Crippen LogP contribution in [0.4, 0.5) is 0 Å². The number of furan rings is 1. The molecular weight excluding hydrogens is 345 g/mol. The van der Waals surface area contributed by atoms with Crippen molar-refractivity contribution in [3.05, 3.63) is 51.5 Å². The summed E-state index contributed by atoms with van der Waals surface area (Å²) in [6, 6.07) is 8.48. The van der Waals surface area contributed by atoms with E-state index in [1.54, 1.807) is 36.4 Å². The zero-order chi connectivity index (χ0) is 13.1. The molecule has 1 aromatic heterocycles. The van der Waals surface area contributed by atoms with Gasteiger partial charge in [0.05, 0.1) is 16.4 Å². The molecule has 0 aliphatic rings. The zero-order valence-electron chi connectivity index (χ0n) is 9.76. The monoisotopic (exact) mass is 357 g/mol. The molecule has 0 spiro atoms. The second kappa shape index (κ2) is 5.43. The molecule has 2 aromatic rings. The third kappa shape index (κ3) is 2.84. The average Bonchev–Trinajstić information content (AvgIpc) is 2.84. The highest BCUT2D eigenvalue weighted by atomic mass is 127. The Balaban J connectivity index is 2.12. The van der Waals surface area contributed by atoms with Crippen LogP contribution < -0.4 is 0 Å². The molecule has 0 saturated carbocycles. The van der Waals surface area contributed by atoms with Crippen molar-refractivity contribution < 1.29 is 14.3 Å². The Morgan fingerprint density at radius 2 is 2.22 bits per heavy atom. The molecule has 0 saturated heterocycles. The van der Waals surface area contributed by atoms with Crippen molar-refractivity contribution in [3.63, 3.8) is 0 Å². The Kier molecular flexibility index (Phi) is 3.90. The third-order valence-corrected chi connectivity index (χ3v) is 3.43. The molecular formula is C13H12INO3. The van der Waals surface area contributed by atoms with Crippen LogP contribution in [-0.4, -0.2) is 23.0 Å². The predicted octanol–water partition coefficient (Wildman–Crippen LogP) is 2.86. The van der Waals surface area contributed by atoms with Gasteiger partial charge >= 0.3 is 0 Å². The molecule has 0 unspecified atom stereocenters. The second-order valence-electron chi connectivity index (χ2n) is 3.91. The van der Waals surface area contributed by atoms with Crippen LogP contribution in [0.25, 0.3) is 0 Å². The van der Waals surface area contributed by atoms with E-state index in [4.69, 9.17) is 4.42 Å². The van der Waals surface area contributed by atoms with Gasteiger partial charge in [-0.15, -0.1) is 0 Å².